The van der Waals surface area contributed by atoms with E-state index in [4.69, 9.17) is 0 Å². The van der Waals surface area contributed by atoms with E-state index in [-0.39, 0.29) is 5.78 Å². The second-order valence-electron chi connectivity index (χ2n) is 4.49. The van der Waals surface area contributed by atoms with Gasteiger partial charge in [-0.3, -0.25) is 4.79 Å². The Morgan fingerprint density at radius 1 is 1.35 bits per heavy atom. The molecule has 1 heterocycles. The van der Waals surface area contributed by atoms with Crippen molar-refractivity contribution < 1.29 is 9.36 Å². The lowest BCUT2D eigenvalue weighted by Gasteiger charge is -2.04. The Labute approximate surface area is 101 Å². The van der Waals surface area contributed by atoms with Gasteiger partial charge in [-0.05, 0) is 19.4 Å². The van der Waals surface area contributed by atoms with E-state index in [1.807, 2.05) is 66.9 Å². The molecule has 0 spiro atoms. The fraction of sp³-hybridized carbons (Fsp3) is 0.286. The minimum absolute atomic E-state index is 0.152. The van der Waals surface area contributed by atoms with E-state index in [1.54, 1.807) is 0 Å². The first-order valence-corrected chi connectivity index (χ1v) is 5.68. The summed E-state index contributed by atoms with van der Waals surface area (Å²) < 4.78 is 3.82. The highest BCUT2D eigenvalue weighted by Crippen LogP contribution is 2.11. The number of carbonyl (C=O) groups excluding carboxylic acids is 1. The van der Waals surface area contributed by atoms with Gasteiger partial charge in [0, 0.05) is 5.56 Å². The molecule has 2 aromatic rings. The van der Waals surface area contributed by atoms with E-state index < -0.39 is 0 Å². The average Bonchev–Trinajstić information content (AvgIpc) is 2.63. The molecule has 3 heteroatoms. The summed E-state index contributed by atoms with van der Waals surface area (Å²) in [6.45, 7) is 4.41. The molecule has 0 amide bonds. The second-order valence-corrected chi connectivity index (χ2v) is 4.49. The van der Waals surface area contributed by atoms with Crippen molar-refractivity contribution in [1.29, 1.82) is 0 Å². The number of carbonyl (C=O) groups is 1. The van der Waals surface area contributed by atoms with Gasteiger partial charge in [0.2, 0.25) is 12.1 Å². The van der Waals surface area contributed by atoms with Crippen LogP contribution in [0.3, 0.4) is 0 Å². The molecule has 0 aliphatic heterocycles. The summed E-state index contributed by atoms with van der Waals surface area (Å²) in [5, 5.41) is 0. The van der Waals surface area contributed by atoms with Gasteiger partial charge >= 0.3 is 0 Å². The van der Waals surface area contributed by atoms with Crippen molar-refractivity contribution in [2.24, 2.45) is 7.05 Å². The van der Waals surface area contributed by atoms with E-state index in [0.29, 0.717) is 6.54 Å². The number of aryl methyl sites for hydroxylation is 3. The maximum Gasteiger partial charge on any atom is 0.243 e. The highest BCUT2D eigenvalue weighted by molar-refractivity contribution is 5.97. The average molecular weight is 229 g/mol. The topological polar surface area (TPSA) is 25.9 Å². The summed E-state index contributed by atoms with van der Waals surface area (Å²) in [4.78, 5) is 12.1. The molecule has 0 aliphatic rings. The van der Waals surface area contributed by atoms with E-state index in [0.717, 1.165) is 11.1 Å². The third-order valence-electron chi connectivity index (χ3n) is 2.83. The van der Waals surface area contributed by atoms with E-state index in [1.165, 1.54) is 5.56 Å². The number of hydrogen-bond acceptors (Lipinski definition) is 1. The van der Waals surface area contributed by atoms with E-state index in [9.17, 15) is 4.79 Å². The molecule has 0 fully saturated rings. The van der Waals surface area contributed by atoms with Crippen LogP contribution in [0.25, 0.3) is 0 Å². The summed E-state index contributed by atoms with van der Waals surface area (Å²) in [5.41, 5.74) is 3.05. The zero-order chi connectivity index (χ0) is 12.4. The highest BCUT2D eigenvalue weighted by Gasteiger charge is 2.12. The molecular weight excluding hydrogens is 212 g/mol. The van der Waals surface area contributed by atoms with Crippen LogP contribution < -0.4 is 4.57 Å². The maximum absolute atomic E-state index is 12.1. The minimum atomic E-state index is 0.152. The van der Waals surface area contributed by atoms with Crippen molar-refractivity contribution in [2.75, 3.05) is 0 Å². The second kappa shape index (κ2) is 4.53. The molecule has 17 heavy (non-hydrogen) atoms. The smallest absolute Gasteiger partial charge is 0.243 e. The summed E-state index contributed by atoms with van der Waals surface area (Å²) in [6, 6.07) is 5.94. The lowest BCUT2D eigenvalue weighted by Crippen LogP contribution is -2.24. The standard InChI is InChI=1S/C14H17N2O/c1-11-4-5-13(12(2)8-11)14(17)9-16-7-6-15(3)10-16/h4-8,10H,9H2,1-3H3/q+1. The normalized spacial score (nSPS) is 10.5. The molecule has 3 nitrogen and oxygen atoms in total. The monoisotopic (exact) mass is 229 g/mol. The van der Waals surface area contributed by atoms with Crippen LogP contribution in [0.4, 0.5) is 0 Å². The summed E-state index contributed by atoms with van der Waals surface area (Å²) in [6.07, 6.45) is 5.73. The molecule has 0 radical (unpaired) electrons. The van der Waals surface area contributed by atoms with Crippen molar-refractivity contribution in [3.63, 3.8) is 0 Å². The number of ketones is 1. The van der Waals surface area contributed by atoms with Crippen LogP contribution in [-0.2, 0) is 13.6 Å². The Morgan fingerprint density at radius 3 is 2.71 bits per heavy atom. The number of Topliss-reactive ketones (excluding diaryl/α,β-unsaturated/α-hetero) is 1. The van der Waals surface area contributed by atoms with Crippen LogP contribution in [-0.4, -0.2) is 10.4 Å². The molecule has 88 valence electrons. The summed E-state index contributed by atoms with van der Waals surface area (Å²) in [5.74, 6) is 0.152. The number of aromatic nitrogens is 2. The van der Waals surface area contributed by atoms with E-state index in [2.05, 4.69) is 0 Å². The molecule has 0 N–H and O–H groups in total. The Kier molecular flexibility index (Phi) is 3.09. The Hall–Kier alpha value is -1.90. The van der Waals surface area contributed by atoms with E-state index >= 15 is 0 Å². The van der Waals surface area contributed by atoms with Gasteiger partial charge in [0.05, 0.1) is 7.05 Å². The zero-order valence-electron chi connectivity index (χ0n) is 10.5. The lowest BCUT2D eigenvalue weighted by atomic mass is 10.0. The van der Waals surface area contributed by atoms with Crippen LogP contribution >= 0.6 is 0 Å². The summed E-state index contributed by atoms with van der Waals surface area (Å²) >= 11 is 0. The molecule has 0 atom stereocenters. The summed E-state index contributed by atoms with van der Waals surface area (Å²) in [7, 11) is 1.94. The molecular formula is C14H17N2O+. The largest absolute Gasteiger partial charge is 0.290 e. The van der Waals surface area contributed by atoms with Crippen LogP contribution in [0.2, 0.25) is 0 Å². The third kappa shape index (κ3) is 2.61. The van der Waals surface area contributed by atoms with Crippen LogP contribution in [0.15, 0.2) is 36.9 Å². The Balaban J connectivity index is 2.20. The molecule has 2 rings (SSSR count). The van der Waals surface area contributed by atoms with Gasteiger partial charge in [0.25, 0.3) is 0 Å². The number of hydrogen-bond donors (Lipinski definition) is 0. The third-order valence-corrected chi connectivity index (χ3v) is 2.83. The van der Waals surface area contributed by atoms with Crippen molar-refractivity contribution in [1.82, 2.24) is 4.57 Å². The quantitative estimate of drug-likeness (QED) is 0.582. The molecule has 1 aromatic carbocycles. The molecule has 0 saturated carbocycles. The predicted molar refractivity (Wildman–Crippen MR) is 65.9 cm³/mol. The first-order valence-electron chi connectivity index (χ1n) is 5.68. The molecule has 0 aliphatic carbocycles. The molecule has 1 aromatic heterocycles. The number of nitrogens with zero attached hydrogens (tertiary/aromatic N) is 2. The highest BCUT2D eigenvalue weighted by atomic mass is 16.1. The number of imidazole rings is 1. The SMILES string of the molecule is Cc1ccc(C(=O)Cn2cc[n+](C)c2)c(C)c1. The van der Waals surface area contributed by atoms with Crippen molar-refractivity contribution >= 4 is 5.78 Å². The first-order chi connectivity index (χ1) is 8.06. The minimum Gasteiger partial charge on any atom is -0.290 e. The molecule has 0 bridgehead atoms. The van der Waals surface area contributed by atoms with Crippen LogP contribution in [0.1, 0.15) is 21.5 Å². The fourth-order valence-electron chi connectivity index (χ4n) is 1.97. The number of rotatable bonds is 3. The van der Waals surface area contributed by atoms with Gasteiger partial charge in [-0.15, -0.1) is 0 Å². The molecule has 0 saturated heterocycles. The maximum atomic E-state index is 12.1. The van der Waals surface area contributed by atoms with Gasteiger partial charge in [0.1, 0.15) is 12.4 Å². The predicted octanol–water partition coefficient (Wildman–Crippen LogP) is 1.81. The zero-order valence-corrected chi connectivity index (χ0v) is 10.5. The van der Waals surface area contributed by atoms with Crippen LogP contribution in [0.5, 0.6) is 0 Å². The van der Waals surface area contributed by atoms with Gasteiger partial charge in [-0.2, -0.15) is 0 Å². The van der Waals surface area contributed by atoms with Gasteiger partial charge in [-0.1, -0.05) is 23.8 Å². The van der Waals surface area contributed by atoms with Crippen molar-refractivity contribution in [2.45, 2.75) is 20.4 Å². The van der Waals surface area contributed by atoms with Gasteiger partial charge < -0.3 is 0 Å². The van der Waals surface area contributed by atoms with Gasteiger partial charge in [0.15, 0.2) is 6.54 Å². The van der Waals surface area contributed by atoms with Crippen molar-refractivity contribution in [3.05, 3.63) is 53.6 Å². The Bertz CT molecular complexity index is 555. The first kappa shape index (κ1) is 11.6. The van der Waals surface area contributed by atoms with Gasteiger partial charge in [-0.25, -0.2) is 9.13 Å². The van der Waals surface area contributed by atoms with Crippen LogP contribution in [0, 0.1) is 13.8 Å². The Morgan fingerprint density at radius 2 is 2.12 bits per heavy atom. The fourth-order valence-corrected chi connectivity index (χ4v) is 1.97. The number of benzene rings is 1. The lowest BCUT2D eigenvalue weighted by molar-refractivity contribution is -0.671. The van der Waals surface area contributed by atoms with Crippen molar-refractivity contribution in [3.8, 4) is 0 Å². The molecule has 0 unspecified atom stereocenters.